The first-order valence-corrected chi connectivity index (χ1v) is 9.03. The number of rotatable bonds is 5. The van der Waals surface area contributed by atoms with Crippen LogP contribution in [0.15, 0.2) is 24.3 Å². The highest BCUT2D eigenvalue weighted by Gasteiger charge is 2.35. The molecule has 0 saturated carbocycles. The van der Waals surface area contributed by atoms with Crippen LogP contribution in [0.1, 0.15) is 67.1 Å². The highest BCUT2D eigenvalue weighted by atomic mass is 16.5. The molecule has 1 aliphatic heterocycles. The number of unbranched alkanes of at least 4 members (excludes halogenated alkanes) is 2. The standard InChI is InChI=1S/C22H26O3/c1-5-6-7-8-15-12-19-20(21(24)17(15)13-23)16-11-14(2)9-10-18(16)22(3,4)25-19/h9-13,24H,5-8H2,1-4H3. The Morgan fingerprint density at radius 2 is 1.96 bits per heavy atom. The van der Waals surface area contributed by atoms with E-state index in [1.165, 1.54) is 0 Å². The van der Waals surface area contributed by atoms with Crippen molar-refractivity contribution in [3.63, 3.8) is 0 Å². The second-order valence-electron chi connectivity index (χ2n) is 7.41. The summed E-state index contributed by atoms with van der Waals surface area (Å²) in [5.74, 6) is 0.707. The van der Waals surface area contributed by atoms with Crippen LogP contribution >= 0.6 is 0 Å². The van der Waals surface area contributed by atoms with Crippen LogP contribution in [0.2, 0.25) is 0 Å². The maximum Gasteiger partial charge on any atom is 0.154 e. The molecule has 3 rings (SSSR count). The van der Waals surface area contributed by atoms with E-state index in [1.54, 1.807) is 0 Å². The van der Waals surface area contributed by atoms with Gasteiger partial charge < -0.3 is 9.84 Å². The van der Waals surface area contributed by atoms with Gasteiger partial charge in [0.25, 0.3) is 0 Å². The number of phenols is 1. The van der Waals surface area contributed by atoms with Crippen molar-refractivity contribution < 1.29 is 14.6 Å². The molecule has 0 unspecified atom stereocenters. The Hall–Kier alpha value is -2.29. The zero-order chi connectivity index (χ0) is 18.2. The van der Waals surface area contributed by atoms with Gasteiger partial charge in [-0.15, -0.1) is 0 Å². The molecule has 0 amide bonds. The summed E-state index contributed by atoms with van der Waals surface area (Å²) in [6.07, 6.45) is 4.75. The van der Waals surface area contributed by atoms with Crippen LogP contribution in [0.4, 0.5) is 0 Å². The van der Waals surface area contributed by atoms with Crippen molar-refractivity contribution in [1.29, 1.82) is 0 Å². The first-order chi connectivity index (χ1) is 11.9. The Morgan fingerprint density at radius 3 is 2.64 bits per heavy atom. The van der Waals surface area contributed by atoms with E-state index in [0.717, 1.165) is 54.2 Å². The van der Waals surface area contributed by atoms with Gasteiger partial charge in [-0.05, 0) is 50.8 Å². The lowest BCUT2D eigenvalue weighted by atomic mass is 9.83. The van der Waals surface area contributed by atoms with Crippen LogP contribution in [0.5, 0.6) is 11.5 Å². The van der Waals surface area contributed by atoms with Crippen LogP contribution in [0.25, 0.3) is 11.1 Å². The third kappa shape index (κ3) is 3.04. The molecule has 25 heavy (non-hydrogen) atoms. The molecule has 0 spiro atoms. The van der Waals surface area contributed by atoms with Gasteiger partial charge in [0, 0.05) is 5.56 Å². The van der Waals surface area contributed by atoms with Gasteiger partial charge in [0.2, 0.25) is 0 Å². The van der Waals surface area contributed by atoms with Gasteiger partial charge in [0.05, 0.1) is 11.1 Å². The molecule has 0 aliphatic carbocycles. The molecule has 1 heterocycles. The van der Waals surface area contributed by atoms with Crippen molar-refractivity contribution in [2.24, 2.45) is 0 Å². The SMILES string of the molecule is CCCCCc1cc2c(c(O)c1C=O)-c1cc(C)ccc1C(C)(C)O2. The first kappa shape index (κ1) is 17.5. The lowest BCUT2D eigenvalue weighted by molar-refractivity contribution is 0.105. The Labute approximate surface area is 149 Å². The summed E-state index contributed by atoms with van der Waals surface area (Å²) < 4.78 is 6.24. The maximum absolute atomic E-state index is 11.7. The van der Waals surface area contributed by atoms with Crippen LogP contribution in [-0.4, -0.2) is 11.4 Å². The number of aromatic hydroxyl groups is 1. The lowest BCUT2D eigenvalue weighted by Crippen LogP contribution is -2.29. The van der Waals surface area contributed by atoms with Gasteiger partial charge in [-0.25, -0.2) is 0 Å². The van der Waals surface area contributed by atoms with Crippen LogP contribution in [0.3, 0.4) is 0 Å². The topological polar surface area (TPSA) is 46.5 Å². The monoisotopic (exact) mass is 338 g/mol. The third-order valence-electron chi connectivity index (χ3n) is 5.02. The normalized spacial score (nSPS) is 14.4. The second-order valence-corrected chi connectivity index (χ2v) is 7.41. The molecule has 2 aromatic carbocycles. The molecule has 3 nitrogen and oxygen atoms in total. The van der Waals surface area contributed by atoms with Crippen molar-refractivity contribution in [1.82, 2.24) is 0 Å². The predicted molar refractivity (Wildman–Crippen MR) is 101 cm³/mol. The number of benzene rings is 2. The van der Waals surface area contributed by atoms with Crippen LogP contribution in [-0.2, 0) is 12.0 Å². The highest BCUT2D eigenvalue weighted by molar-refractivity contribution is 5.92. The van der Waals surface area contributed by atoms with Gasteiger partial charge in [-0.3, -0.25) is 4.79 Å². The number of carbonyl (C=O) groups excluding carboxylic acids is 1. The summed E-state index contributed by atoms with van der Waals surface area (Å²) >= 11 is 0. The van der Waals surface area contributed by atoms with Gasteiger partial charge in [-0.2, -0.15) is 0 Å². The number of phenolic OH excluding ortho intramolecular Hbond substituents is 1. The van der Waals surface area contributed by atoms with E-state index >= 15 is 0 Å². The Balaban J connectivity index is 2.21. The molecule has 2 aromatic rings. The van der Waals surface area contributed by atoms with E-state index in [2.05, 4.69) is 13.0 Å². The van der Waals surface area contributed by atoms with Crippen molar-refractivity contribution in [3.8, 4) is 22.6 Å². The van der Waals surface area contributed by atoms with Crippen molar-refractivity contribution in [3.05, 3.63) is 46.5 Å². The maximum atomic E-state index is 11.7. The average Bonchev–Trinajstić information content (AvgIpc) is 2.54. The lowest BCUT2D eigenvalue weighted by Gasteiger charge is -2.36. The predicted octanol–water partition coefficient (Wildman–Crippen LogP) is 5.54. The summed E-state index contributed by atoms with van der Waals surface area (Å²) in [6, 6.07) is 8.10. The number of hydrogen-bond acceptors (Lipinski definition) is 3. The largest absolute Gasteiger partial charge is 0.506 e. The zero-order valence-corrected chi connectivity index (χ0v) is 15.5. The molecule has 3 heteroatoms. The zero-order valence-electron chi connectivity index (χ0n) is 15.5. The molecule has 0 saturated heterocycles. The molecule has 0 atom stereocenters. The van der Waals surface area contributed by atoms with E-state index in [4.69, 9.17) is 4.74 Å². The third-order valence-corrected chi connectivity index (χ3v) is 5.02. The smallest absolute Gasteiger partial charge is 0.154 e. The Morgan fingerprint density at radius 1 is 1.20 bits per heavy atom. The van der Waals surface area contributed by atoms with E-state index in [0.29, 0.717) is 16.9 Å². The molecule has 0 aromatic heterocycles. The fraction of sp³-hybridized carbons (Fsp3) is 0.409. The van der Waals surface area contributed by atoms with Crippen LogP contribution in [0, 0.1) is 6.92 Å². The van der Waals surface area contributed by atoms with E-state index in [-0.39, 0.29) is 5.75 Å². The Bertz CT molecular complexity index is 819. The molecule has 132 valence electrons. The van der Waals surface area contributed by atoms with E-state index < -0.39 is 5.60 Å². The van der Waals surface area contributed by atoms with Crippen molar-refractivity contribution in [2.45, 2.75) is 59.0 Å². The summed E-state index contributed by atoms with van der Waals surface area (Å²) in [7, 11) is 0. The minimum absolute atomic E-state index is 0.0429. The average molecular weight is 338 g/mol. The number of ether oxygens (including phenoxy) is 1. The minimum atomic E-state index is -0.480. The van der Waals surface area contributed by atoms with Crippen molar-refractivity contribution in [2.75, 3.05) is 0 Å². The fourth-order valence-corrected chi connectivity index (χ4v) is 3.68. The molecular weight excluding hydrogens is 312 g/mol. The molecule has 0 bridgehead atoms. The van der Waals surface area contributed by atoms with E-state index in [1.807, 2.05) is 39.0 Å². The summed E-state index contributed by atoms with van der Waals surface area (Å²) in [4.78, 5) is 11.7. The summed E-state index contributed by atoms with van der Waals surface area (Å²) in [5, 5.41) is 10.9. The molecule has 1 N–H and O–H groups in total. The fourth-order valence-electron chi connectivity index (χ4n) is 3.68. The highest BCUT2D eigenvalue weighted by Crippen LogP contribution is 2.51. The van der Waals surface area contributed by atoms with Crippen molar-refractivity contribution >= 4 is 6.29 Å². The summed E-state index contributed by atoms with van der Waals surface area (Å²) in [5.41, 5.74) is 4.51. The van der Waals surface area contributed by atoms with Gasteiger partial charge >= 0.3 is 0 Å². The minimum Gasteiger partial charge on any atom is -0.506 e. The molecule has 0 radical (unpaired) electrons. The Kier molecular flexibility index (Phi) is 4.59. The van der Waals surface area contributed by atoms with Crippen LogP contribution < -0.4 is 4.74 Å². The molecule has 0 fully saturated rings. The van der Waals surface area contributed by atoms with E-state index in [9.17, 15) is 9.90 Å². The number of carbonyl (C=O) groups is 1. The number of aryl methyl sites for hydroxylation is 2. The van der Waals surface area contributed by atoms with Gasteiger partial charge in [0.15, 0.2) is 6.29 Å². The number of aldehydes is 1. The summed E-state index contributed by atoms with van der Waals surface area (Å²) in [6.45, 7) is 8.24. The number of fused-ring (bicyclic) bond motifs is 3. The second kappa shape index (κ2) is 6.55. The first-order valence-electron chi connectivity index (χ1n) is 9.03. The molecular formula is C22H26O3. The number of hydrogen-bond donors (Lipinski definition) is 1. The quantitative estimate of drug-likeness (QED) is 0.575. The molecule has 1 aliphatic rings. The van der Waals surface area contributed by atoms with Gasteiger partial charge in [0.1, 0.15) is 17.1 Å². The van der Waals surface area contributed by atoms with Gasteiger partial charge in [-0.1, -0.05) is 43.5 Å².